The fourth-order valence-electron chi connectivity index (χ4n) is 2.99. The summed E-state index contributed by atoms with van der Waals surface area (Å²) in [4.78, 5) is 30.1. The van der Waals surface area contributed by atoms with Crippen molar-refractivity contribution in [1.82, 2.24) is 4.90 Å². The Bertz CT molecular complexity index is 1190. The van der Waals surface area contributed by atoms with Gasteiger partial charge in [-0.2, -0.15) is 0 Å². The van der Waals surface area contributed by atoms with Gasteiger partial charge in [0.1, 0.15) is 12.4 Å². The maximum Gasteiger partial charge on any atom is 0.335 e. The van der Waals surface area contributed by atoms with E-state index < -0.39 is 5.97 Å². The van der Waals surface area contributed by atoms with E-state index in [1.165, 1.54) is 28.8 Å². The molecule has 4 rings (SSSR count). The molecule has 1 aliphatic heterocycles. The molecule has 1 saturated heterocycles. The highest BCUT2D eigenvalue weighted by atomic mass is 32.2. The van der Waals surface area contributed by atoms with Gasteiger partial charge in [-0.15, -0.1) is 0 Å². The molecule has 1 fully saturated rings. The normalized spacial score (nSPS) is 16.0. The average Bonchev–Trinajstić information content (AvgIpc) is 3.07. The minimum atomic E-state index is -0.992. The number of ether oxygens (including phenoxy) is 1. The Labute approximate surface area is 189 Å². The number of rotatable bonds is 6. The van der Waals surface area contributed by atoms with E-state index in [0.717, 1.165) is 16.9 Å². The topological polar surface area (TPSA) is 79.2 Å². The molecule has 0 saturated carbocycles. The van der Waals surface area contributed by atoms with Gasteiger partial charge in [0.15, 0.2) is 5.17 Å². The van der Waals surface area contributed by atoms with Crippen LogP contribution < -0.4 is 4.74 Å². The first kappa shape index (κ1) is 21.4. The molecule has 32 heavy (non-hydrogen) atoms. The third kappa shape index (κ3) is 5.07. The second-order valence-electron chi connectivity index (χ2n) is 7.06. The van der Waals surface area contributed by atoms with E-state index in [9.17, 15) is 9.59 Å². The zero-order valence-electron chi connectivity index (χ0n) is 17.3. The van der Waals surface area contributed by atoms with Crippen LogP contribution in [-0.4, -0.2) is 34.1 Å². The average molecular weight is 445 g/mol. The van der Waals surface area contributed by atoms with Gasteiger partial charge in [-0.3, -0.25) is 9.69 Å². The number of hydrogen-bond acceptors (Lipinski definition) is 5. The van der Waals surface area contributed by atoms with E-state index in [0.29, 0.717) is 22.4 Å². The van der Waals surface area contributed by atoms with Crippen LogP contribution in [0.25, 0.3) is 6.08 Å². The maximum atomic E-state index is 12.6. The summed E-state index contributed by atoms with van der Waals surface area (Å²) in [6.07, 6.45) is 1.82. The first-order valence-corrected chi connectivity index (χ1v) is 10.7. The Morgan fingerprint density at radius 1 is 1.03 bits per heavy atom. The number of aliphatic imine (C=N–C) groups is 1. The van der Waals surface area contributed by atoms with Crippen molar-refractivity contribution in [3.05, 3.63) is 100 Å². The van der Waals surface area contributed by atoms with Gasteiger partial charge >= 0.3 is 5.97 Å². The molecule has 0 bridgehead atoms. The number of carboxylic acid groups (broad SMARTS) is 1. The minimum Gasteiger partial charge on any atom is -0.489 e. The van der Waals surface area contributed by atoms with E-state index in [-0.39, 0.29) is 11.5 Å². The second-order valence-corrected chi connectivity index (χ2v) is 8.07. The lowest BCUT2D eigenvalue weighted by Crippen LogP contribution is -2.23. The van der Waals surface area contributed by atoms with Crippen LogP contribution in [0.3, 0.4) is 0 Å². The number of carboxylic acids is 1. The Kier molecular flexibility index (Phi) is 6.37. The van der Waals surface area contributed by atoms with Crippen molar-refractivity contribution < 1.29 is 19.4 Å². The second kappa shape index (κ2) is 9.53. The zero-order chi connectivity index (χ0) is 22.5. The van der Waals surface area contributed by atoms with Crippen molar-refractivity contribution in [1.29, 1.82) is 0 Å². The predicted octanol–water partition coefficient (Wildman–Crippen LogP) is 5.20. The summed E-state index contributed by atoms with van der Waals surface area (Å²) in [5.74, 6) is -0.376. The molecule has 1 N–H and O–H groups in total. The first-order chi connectivity index (χ1) is 15.5. The third-order valence-electron chi connectivity index (χ3n) is 4.77. The number of likely N-dealkylation sites (N-methyl/N-ethyl adjacent to an activating group) is 1. The molecule has 7 heteroatoms. The number of amides is 1. The largest absolute Gasteiger partial charge is 0.489 e. The number of aromatic carboxylic acids is 1. The van der Waals surface area contributed by atoms with Crippen LogP contribution in [0.5, 0.6) is 5.75 Å². The van der Waals surface area contributed by atoms with Gasteiger partial charge in [0.05, 0.1) is 16.2 Å². The minimum absolute atomic E-state index is 0.139. The highest BCUT2D eigenvalue weighted by Gasteiger charge is 2.30. The van der Waals surface area contributed by atoms with E-state index in [4.69, 9.17) is 9.84 Å². The Hall–Kier alpha value is -3.84. The van der Waals surface area contributed by atoms with Crippen molar-refractivity contribution in [3.63, 3.8) is 0 Å². The van der Waals surface area contributed by atoms with E-state index in [1.807, 2.05) is 60.7 Å². The van der Waals surface area contributed by atoms with Crippen molar-refractivity contribution in [2.24, 2.45) is 4.99 Å². The maximum absolute atomic E-state index is 12.6. The molecular formula is C25H20N2O4S. The van der Waals surface area contributed by atoms with E-state index in [1.54, 1.807) is 19.2 Å². The molecule has 160 valence electrons. The molecule has 0 spiro atoms. The molecule has 1 amide bonds. The SMILES string of the molecule is CN1C(=O)/C(=C/c2ccc(OCc3ccccc3)cc2)SC1=Nc1ccc(C(=O)O)cc1. The fraction of sp³-hybridized carbons (Fsp3) is 0.0800. The molecule has 1 aliphatic rings. The number of carbonyl (C=O) groups excluding carboxylic acids is 1. The molecule has 1 heterocycles. The van der Waals surface area contributed by atoms with Gasteiger partial charge < -0.3 is 9.84 Å². The third-order valence-corrected chi connectivity index (χ3v) is 5.83. The summed E-state index contributed by atoms with van der Waals surface area (Å²) in [5.41, 5.74) is 2.75. The van der Waals surface area contributed by atoms with Gasteiger partial charge in [0.2, 0.25) is 0 Å². The lowest BCUT2D eigenvalue weighted by atomic mass is 10.2. The van der Waals surface area contributed by atoms with Gasteiger partial charge in [0, 0.05) is 7.05 Å². The Morgan fingerprint density at radius 3 is 2.38 bits per heavy atom. The highest BCUT2D eigenvalue weighted by Crippen LogP contribution is 2.33. The van der Waals surface area contributed by atoms with Crippen molar-refractivity contribution in [2.75, 3.05) is 7.05 Å². The van der Waals surface area contributed by atoms with Crippen LogP contribution in [-0.2, 0) is 11.4 Å². The number of hydrogen-bond donors (Lipinski definition) is 1. The Balaban J connectivity index is 1.44. The van der Waals surface area contributed by atoms with Crippen molar-refractivity contribution >= 4 is 40.6 Å². The molecule has 3 aromatic rings. The van der Waals surface area contributed by atoms with Crippen LogP contribution in [0.2, 0.25) is 0 Å². The predicted molar refractivity (Wildman–Crippen MR) is 126 cm³/mol. The standard InChI is InChI=1S/C25H20N2O4S/c1-27-23(28)22(32-25(27)26-20-11-9-19(10-12-20)24(29)30)15-17-7-13-21(14-8-17)31-16-18-5-3-2-4-6-18/h2-15H,16H2,1H3,(H,29,30)/b22-15-,26-25?. The van der Waals surface area contributed by atoms with Crippen LogP contribution in [0.4, 0.5) is 5.69 Å². The van der Waals surface area contributed by atoms with Gasteiger partial charge in [-0.25, -0.2) is 9.79 Å². The lowest BCUT2D eigenvalue weighted by molar-refractivity contribution is -0.121. The van der Waals surface area contributed by atoms with E-state index in [2.05, 4.69) is 4.99 Å². The molecule has 0 radical (unpaired) electrons. The smallest absolute Gasteiger partial charge is 0.335 e. The molecular weight excluding hydrogens is 424 g/mol. The fourth-order valence-corrected chi connectivity index (χ4v) is 3.98. The van der Waals surface area contributed by atoms with Gasteiger partial charge in [0.25, 0.3) is 5.91 Å². The summed E-state index contributed by atoms with van der Waals surface area (Å²) < 4.78 is 5.80. The molecule has 3 aromatic carbocycles. The summed E-state index contributed by atoms with van der Waals surface area (Å²) in [5, 5.41) is 9.54. The summed E-state index contributed by atoms with van der Waals surface area (Å²) in [6.45, 7) is 0.494. The molecule has 0 atom stereocenters. The van der Waals surface area contributed by atoms with E-state index >= 15 is 0 Å². The summed E-state index contributed by atoms with van der Waals surface area (Å²) >= 11 is 1.28. The number of thioether (sulfide) groups is 1. The summed E-state index contributed by atoms with van der Waals surface area (Å²) in [7, 11) is 1.67. The number of benzene rings is 3. The lowest BCUT2D eigenvalue weighted by Gasteiger charge is -2.07. The molecule has 0 aliphatic carbocycles. The van der Waals surface area contributed by atoms with Gasteiger partial charge in [-0.05, 0) is 65.4 Å². The first-order valence-electron chi connectivity index (χ1n) is 9.86. The van der Waals surface area contributed by atoms with Crippen molar-refractivity contribution in [2.45, 2.75) is 6.61 Å². The molecule has 0 unspecified atom stereocenters. The number of carbonyl (C=O) groups is 2. The monoisotopic (exact) mass is 444 g/mol. The highest BCUT2D eigenvalue weighted by molar-refractivity contribution is 8.18. The van der Waals surface area contributed by atoms with Crippen LogP contribution >= 0.6 is 11.8 Å². The Morgan fingerprint density at radius 2 is 1.72 bits per heavy atom. The van der Waals surface area contributed by atoms with Crippen LogP contribution in [0.1, 0.15) is 21.5 Å². The van der Waals surface area contributed by atoms with Crippen LogP contribution in [0.15, 0.2) is 88.8 Å². The summed E-state index contributed by atoms with van der Waals surface area (Å²) in [6, 6.07) is 23.7. The van der Waals surface area contributed by atoms with Crippen molar-refractivity contribution in [3.8, 4) is 5.75 Å². The number of amidine groups is 1. The molecule has 0 aromatic heterocycles. The zero-order valence-corrected chi connectivity index (χ0v) is 18.1. The quantitative estimate of drug-likeness (QED) is 0.529. The van der Waals surface area contributed by atoms with Crippen LogP contribution in [0, 0.1) is 0 Å². The number of nitrogens with zero attached hydrogens (tertiary/aromatic N) is 2. The molecule has 6 nitrogen and oxygen atoms in total. The van der Waals surface area contributed by atoms with Gasteiger partial charge in [-0.1, -0.05) is 42.5 Å².